The van der Waals surface area contributed by atoms with E-state index in [9.17, 15) is 8.42 Å². The van der Waals surface area contributed by atoms with Gasteiger partial charge in [-0.05, 0) is 19.1 Å². The van der Waals surface area contributed by atoms with E-state index >= 15 is 0 Å². The standard InChI is InChI=1S/C13H18N4O2S/c1-4-12-14-8-13(16-12)20(18,19)17(3)9-11-7-5-6-10(2)15-11/h5-8H,4,9H2,1-3H3,(H,14,16). The van der Waals surface area contributed by atoms with Crippen molar-refractivity contribution in [2.45, 2.75) is 31.8 Å². The molecular formula is C13H18N4O2S. The number of H-pyrrole nitrogens is 1. The third-order valence-corrected chi connectivity index (χ3v) is 4.67. The van der Waals surface area contributed by atoms with Gasteiger partial charge in [0.2, 0.25) is 0 Å². The number of nitrogens with zero attached hydrogens (tertiary/aromatic N) is 3. The first kappa shape index (κ1) is 14.7. The minimum Gasteiger partial charge on any atom is -0.332 e. The Labute approximate surface area is 118 Å². The summed E-state index contributed by atoms with van der Waals surface area (Å²) in [6.45, 7) is 4.01. The SMILES string of the molecule is CCc1ncc(S(=O)(=O)N(C)Cc2cccc(C)n2)[nH]1. The second-order valence-corrected chi connectivity index (χ2v) is 6.59. The van der Waals surface area contributed by atoms with E-state index in [-0.39, 0.29) is 11.6 Å². The Balaban J connectivity index is 2.21. The van der Waals surface area contributed by atoms with Gasteiger partial charge in [-0.1, -0.05) is 13.0 Å². The lowest BCUT2D eigenvalue weighted by Gasteiger charge is -2.15. The molecule has 0 fully saturated rings. The van der Waals surface area contributed by atoms with Gasteiger partial charge in [-0.3, -0.25) is 4.98 Å². The monoisotopic (exact) mass is 294 g/mol. The van der Waals surface area contributed by atoms with Crippen LogP contribution >= 0.6 is 0 Å². The molecule has 0 amide bonds. The van der Waals surface area contributed by atoms with Crippen molar-refractivity contribution < 1.29 is 8.42 Å². The Bertz CT molecular complexity index is 694. The highest BCUT2D eigenvalue weighted by Gasteiger charge is 2.23. The van der Waals surface area contributed by atoms with Gasteiger partial charge in [0.15, 0.2) is 5.03 Å². The molecule has 0 aliphatic heterocycles. The first-order valence-electron chi connectivity index (χ1n) is 6.36. The summed E-state index contributed by atoms with van der Waals surface area (Å²) >= 11 is 0. The molecule has 0 spiro atoms. The zero-order valence-electron chi connectivity index (χ0n) is 11.8. The van der Waals surface area contributed by atoms with Crippen LogP contribution in [0.2, 0.25) is 0 Å². The molecule has 7 heteroatoms. The number of aromatic nitrogens is 3. The fourth-order valence-corrected chi connectivity index (χ4v) is 2.89. The zero-order valence-corrected chi connectivity index (χ0v) is 12.6. The minimum atomic E-state index is -3.56. The van der Waals surface area contributed by atoms with E-state index < -0.39 is 10.0 Å². The number of pyridine rings is 1. The number of imidazole rings is 1. The lowest BCUT2D eigenvalue weighted by molar-refractivity contribution is 0.459. The van der Waals surface area contributed by atoms with Crippen molar-refractivity contribution in [3.05, 3.63) is 41.6 Å². The summed E-state index contributed by atoms with van der Waals surface area (Å²) in [4.78, 5) is 11.2. The van der Waals surface area contributed by atoms with Gasteiger partial charge < -0.3 is 4.98 Å². The fraction of sp³-hybridized carbons (Fsp3) is 0.385. The van der Waals surface area contributed by atoms with Crippen molar-refractivity contribution >= 4 is 10.0 Å². The molecule has 0 aliphatic carbocycles. The number of aryl methyl sites for hydroxylation is 2. The molecule has 0 saturated heterocycles. The van der Waals surface area contributed by atoms with Crippen LogP contribution < -0.4 is 0 Å². The molecule has 2 aromatic rings. The number of hydrogen-bond acceptors (Lipinski definition) is 4. The normalized spacial score (nSPS) is 12.0. The predicted octanol–water partition coefficient (Wildman–Crippen LogP) is 1.50. The minimum absolute atomic E-state index is 0.115. The van der Waals surface area contributed by atoms with Crippen LogP contribution in [0.5, 0.6) is 0 Å². The lowest BCUT2D eigenvalue weighted by atomic mass is 10.3. The van der Waals surface area contributed by atoms with Gasteiger partial charge in [-0.25, -0.2) is 13.4 Å². The van der Waals surface area contributed by atoms with Crippen LogP contribution in [0.1, 0.15) is 24.1 Å². The third kappa shape index (κ3) is 3.05. The number of sulfonamides is 1. The van der Waals surface area contributed by atoms with Crippen LogP contribution in [0.3, 0.4) is 0 Å². The summed E-state index contributed by atoms with van der Waals surface area (Å²) in [5.74, 6) is 0.658. The third-order valence-electron chi connectivity index (χ3n) is 2.96. The van der Waals surface area contributed by atoms with Crippen LogP contribution in [0.25, 0.3) is 0 Å². The molecule has 0 bridgehead atoms. The molecule has 2 heterocycles. The molecule has 2 aromatic heterocycles. The molecule has 108 valence electrons. The van der Waals surface area contributed by atoms with Crippen molar-refractivity contribution in [1.82, 2.24) is 19.3 Å². The van der Waals surface area contributed by atoms with Gasteiger partial charge in [0.05, 0.1) is 18.4 Å². The lowest BCUT2D eigenvalue weighted by Crippen LogP contribution is -2.27. The van der Waals surface area contributed by atoms with Crippen molar-refractivity contribution in [1.29, 1.82) is 0 Å². The van der Waals surface area contributed by atoms with Crippen LogP contribution in [-0.4, -0.2) is 34.7 Å². The molecule has 2 rings (SSSR count). The Hall–Kier alpha value is -1.73. The zero-order chi connectivity index (χ0) is 14.8. The molecule has 6 nitrogen and oxygen atoms in total. The average molecular weight is 294 g/mol. The van der Waals surface area contributed by atoms with Gasteiger partial charge >= 0.3 is 0 Å². The number of nitrogens with one attached hydrogen (secondary N) is 1. The summed E-state index contributed by atoms with van der Waals surface area (Å²) < 4.78 is 26.0. The topological polar surface area (TPSA) is 79.0 Å². The van der Waals surface area contributed by atoms with E-state index in [0.29, 0.717) is 17.9 Å². The van der Waals surface area contributed by atoms with E-state index in [4.69, 9.17) is 0 Å². The van der Waals surface area contributed by atoms with Gasteiger partial charge in [-0.2, -0.15) is 4.31 Å². The van der Waals surface area contributed by atoms with E-state index in [2.05, 4.69) is 15.0 Å². The van der Waals surface area contributed by atoms with Gasteiger partial charge in [0.1, 0.15) is 5.82 Å². The highest BCUT2D eigenvalue weighted by Crippen LogP contribution is 2.14. The molecule has 0 aliphatic rings. The molecule has 0 saturated carbocycles. The summed E-state index contributed by atoms with van der Waals surface area (Å²) in [7, 11) is -2.03. The molecule has 20 heavy (non-hydrogen) atoms. The van der Waals surface area contributed by atoms with Gasteiger partial charge in [0, 0.05) is 19.2 Å². The largest absolute Gasteiger partial charge is 0.332 e. The van der Waals surface area contributed by atoms with E-state index in [1.807, 2.05) is 32.0 Å². The predicted molar refractivity (Wildman–Crippen MR) is 75.6 cm³/mol. The van der Waals surface area contributed by atoms with Crippen LogP contribution in [0, 0.1) is 6.92 Å². The highest BCUT2D eigenvalue weighted by atomic mass is 32.2. The highest BCUT2D eigenvalue weighted by molar-refractivity contribution is 7.89. The van der Waals surface area contributed by atoms with Crippen LogP contribution in [-0.2, 0) is 23.0 Å². The first-order valence-corrected chi connectivity index (χ1v) is 7.80. The maximum atomic E-state index is 12.4. The molecule has 0 aromatic carbocycles. The Morgan fingerprint density at radius 1 is 1.35 bits per heavy atom. The van der Waals surface area contributed by atoms with Crippen LogP contribution in [0.15, 0.2) is 29.4 Å². The maximum Gasteiger partial charge on any atom is 0.260 e. The second kappa shape index (κ2) is 5.72. The number of aromatic amines is 1. The molecule has 0 atom stereocenters. The van der Waals surface area contributed by atoms with Crippen LogP contribution in [0.4, 0.5) is 0 Å². The Morgan fingerprint density at radius 2 is 2.10 bits per heavy atom. The van der Waals surface area contributed by atoms with Gasteiger partial charge in [0.25, 0.3) is 10.0 Å². The molecule has 0 unspecified atom stereocenters. The van der Waals surface area contributed by atoms with Gasteiger partial charge in [-0.15, -0.1) is 0 Å². The summed E-state index contributed by atoms with van der Waals surface area (Å²) in [6.07, 6.45) is 2.02. The van der Waals surface area contributed by atoms with Crippen molar-refractivity contribution in [2.24, 2.45) is 0 Å². The maximum absolute atomic E-state index is 12.4. The summed E-state index contributed by atoms with van der Waals surface area (Å²) in [5.41, 5.74) is 1.58. The van der Waals surface area contributed by atoms with Crippen molar-refractivity contribution in [2.75, 3.05) is 7.05 Å². The fourth-order valence-electron chi connectivity index (χ4n) is 1.82. The first-order chi connectivity index (χ1) is 9.43. The average Bonchev–Trinajstić information content (AvgIpc) is 2.88. The van der Waals surface area contributed by atoms with E-state index in [1.54, 1.807) is 0 Å². The molecular weight excluding hydrogens is 276 g/mol. The smallest absolute Gasteiger partial charge is 0.260 e. The van der Waals surface area contributed by atoms with E-state index in [1.165, 1.54) is 17.5 Å². The van der Waals surface area contributed by atoms with E-state index in [0.717, 1.165) is 5.69 Å². The number of rotatable bonds is 5. The molecule has 1 N–H and O–H groups in total. The van der Waals surface area contributed by atoms with Crippen molar-refractivity contribution in [3.8, 4) is 0 Å². The Morgan fingerprint density at radius 3 is 2.70 bits per heavy atom. The number of hydrogen-bond donors (Lipinski definition) is 1. The van der Waals surface area contributed by atoms with Crippen molar-refractivity contribution in [3.63, 3.8) is 0 Å². The quantitative estimate of drug-likeness (QED) is 0.906. The Kier molecular flexibility index (Phi) is 4.20. The summed E-state index contributed by atoms with van der Waals surface area (Å²) in [6, 6.07) is 5.55. The second-order valence-electron chi connectivity index (χ2n) is 4.58. The summed E-state index contributed by atoms with van der Waals surface area (Å²) in [5, 5.41) is 0.115. The molecule has 0 radical (unpaired) electrons.